The van der Waals surface area contributed by atoms with Gasteiger partial charge in [-0.1, -0.05) is 19.9 Å². The van der Waals surface area contributed by atoms with E-state index in [1.807, 2.05) is 23.5 Å². The summed E-state index contributed by atoms with van der Waals surface area (Å²) in [6, 6.07) is 6.10. The summed E-state index contributed by atoms with van der Waals surface area (Å²) in [5.74, 6) is 0.215. The first-order chi connectivity index (χ1) is 11.6. The van der Waals surface area contributed by atoms with Gasteiger partial charge in [0.2, 0.25) is 5.91 Å². The second-order valence-electron chi connectivity index (χ2n) is 6.69. The van der Waals surface area contributed by atoms with Gasteiger partial charge >= 0.3 is 0 Å². The lowest BCUT2D eigenvalue weighted by Crippen LogP contribution is -2.39. The maximum Gasteiger partial charge on any atom is 0.227 e. The zero-order chi connectivity index (χ0) is 16.9. The molecule has 0 fully saturated rings. The van der Waals surface area contributed by atoms with Crippen molar-refractivity contribution in [2.24, 2.45) is 5.92 Å². The van der Waals surface area contributed by atoms with Gasteiger partial charge in [0.25, 0.3) is 0 Å². The van der Waals surface area contributed by atoms with Crippen LogP contribution in [0, 0.1) is 5.92 Å². The lowest BCUT2D eigenvalue weighted by atomic mass is 9.88. The molecule has 1 amide bonds. The summed E-state index contributed by atoms with van der Waals surface area (Å²) in [5, 5.41) is 5.30. The first kappa shape index (κ1) is 17.1. The third kappa shape index (κ3) is 4.02. The van der Waals surface area contributed by atoms with E-state index in [0.29, 0.717) is 6.54 Å². The highest BCUT2D eigenvalue weighted by molar-refractivity contribution is 7.10. The van der Waals surface area contributed by atoms with Crippen LogP contribution in [-0.4, -0.2) is 35.4 Å². The van der Waals surface area contributed by atoms with Crippen LogP contribution in [0.3, 0.4) is 0 Å². The number of amides is 1. The maximum absolute atomic E-state index is 12.6. The molecule has 24 heavy (non-hydrogen) atoms. The Balaban J connectivity index is 1.51. The van der Waals surface area contributed by atoms with Gasteiger partial charge in [0.1, 0.15) is 0 Å². The molecule has 1 N–H and O–H groups in total. The van der Waals surface area contributed by atoms with Crippen LogP contribution < -0.4 is 5.32 Å². The number of carbonyl (C=O) groups is 1. The zero-order valence-electron chi connectivity index (χ0n) is 14.4. The number of hydrogen-bond donors (Lipinski definition) is 1. The monoisotopic (exact) mass is 343 g/mol. The SMILES string of the molecule is CC(C)[C@H](C(=O)NCCN1CCc2sccc2C1)c1cccnc1. The normalized spacial score (nSPS) is 16.0. The van der Waals surface area contributed by atoms with Crippen LogP contribution in [0.25, 0.3) is 0 Å². The highest BCUT2D eigenvalue weighted by Crippen LogP contribution is 2.25. The van der Waals surface area contributed by atoms with E-state index in [1.165, 1.54) is 10.4 Å². The number of hydrogen-bond acceptors (Lipinski definition) is 4. The van der Waals surface area contributed by atoms with Gasteiger partial charge in [0.15, 0.2) is 0 Å². The van der Waals surface area contributed by atoms with Gasteiger partial charge < -0.3 is 5.32 Å². The van der Waals surface area contributed by atoms with Crippen molar-refractivity contribution in [3.05, 3.63) is 52.0 Å². The first-order valence-corrected chi connectivity index (χ1v) is 9.48. The number of aromatic nitrogens is 1. The molecule has 1 aliphatic rings. The quantitative estimate of drug-likeness (QED) is 0.877. The average Bonchev–Trinajstić information content (AvgIpc) is 3.03. The van der Waals surface area contributed by atoms with E-state index in [1.54, 1.807) is 12.4 Å². The molecule has 0 bridgehead atoms. The zero-order valence-corrected chi connectivity index (χ0v) is 15.2. The van der Waals surface area contributed by atoms with Gasteiger partial charge in [-0.15, -0.1) is 11.3 Å². The Morgan fingerprint density at radius 3 is 3.04 bits per heavy atom. The van der Waals surface area contributed by atoms with E-state index in [0.717, 1.165) is 31.6 Å². The minimum Gasteiger partial charge on any atom is -0.354 e. The van der Waals surface area contributed by atoms with E-state index in [4.69, 9.17) is 0 Å². The van der Waals surface area contributed by atoms with Crippen molar-refractivity contribution < 1.29 is 4.79 Å². The summed E-state index contributed by atoms with van der Waals surface area (Å²) in [4.78, 5) is 20.7. The molecule has 0 saturated heterocycles. The lowest BCUT2D eigenvalue weighted by molar-refractivity contribution is -0.123. The first-order valence-electron chi connectivity index (χ1n) is 8.60. The van der Waals surface area contributed by atoms with Crippen molar-refractivity contribution >= 4 is 17.2 Å². The number of thiophene rings is 1. The number of nitrogens with zero attached hydrogens (tertiary/aromatic N) is 2. The highest BCUT2D eigenvalue weighted by Gasteiger charge is 2.24. The Morgan fingerprint density at radius 2 is 2.29 bits per heavy atom. The molecule has 2 aromatic rings. The molecule has 0 unspecified atom stereocenters. The van der Waals surface area contributed by atoms with Crippen molar-refractivity contribution in [2.75, 3.05) is 19.6 Å². The van der Waals surface area contributed by atoms with Crippen LogP contribution >= 0.6 is 11.3 Å². The Labute approximate surface area is 147 Å². The van der Waals surface area contributed by atoms with Gasteiger partial charge in [-0.2, -0.15) is 0 Å². The predicted molar refractivity (Wildman–Crippen MR) is 98.1 cm³/mol. The van der Waals surface area contributed by atoms with Crippen molar-refractivity contribution in [1.29, 1.82) is 0 Å². The van der Waals surface area contributed by atoms with Gasteiger partial charge in [-0.05, 0) is 41.0 Å². The van der Waals surface area contributed by atoms with Crippen molar-refractivity contribution in [3.63, 3.8) is 0 Å². The Morgan fingerprint density at radius 1 is 1.42 bits per heavy atom. The molecule has 1 aliphatic heterocycles. The number of carbonyl (C=O) groups excluding carboxylic acids is 1. The standard InChI is InChI=1S/C19H25N3OS/c1-14(2)18(15-4-3-7-20-12-15)19(23)21-8-10-22-9-5-17-16(13-22)6-11-24-17/h3-4,6-7,11-12,14,18H,5,8-10,13H2,1-2H3,(H,21,23)/t18-/m0/s1. The summed E-state index contributed by atoms with van der Waals surface area (Å²) in [7, 11) is 0. The molecule has 128 valence electrons. The Hall–Kier alpha value is -1.72. The van der Waals surface area contributed by atoms with Gasteiger partial charge in [0, 0.05) is 43.4 Å². The second-order valence-corrected chi connectivity index (χ2v) is 7.69. The molecule has 5 heteroatoms. The summed E-state index contributed by atoms with van der Waals surface area (Å²) in [6.45, 7) is 7.85. The smallest absolute Gasteiger partial charge is 0.227 e. The Kier molecular flexibility index (Phi) is 5.63. The van der Waals surface area contributed by atoms with Gasteiger partial charge in [-0.25, -0.2) is 0 Å². The van der Waals surface area contributed by atoms with Crippen LogP contribution in [0.4, 0.5) is 0 Å². The van der Waals surface area contributed by atoms with E-state index >= 15 is 0 Å². The molecule has 3 heterocycles. The van der Waals surface area contributed by atoms with Crippen molar-refractivity contribution in [1.82, 2.24) is 15.2 Å². The fraction of sp³-hybridized carbons (Fsp3) is 0.474. The molecular weight excluding hydrogens is 318 g/mol. The van der Waals surface area contributed by atoms with E-state index < -0.39 is 0 Å². The van der Waals surface area contributed by atoms with Crippen molar-refractivity contribution in [2.45, 2.75) is 32.7 Å². The lowest BCUT2D eigenvalue weighted by Gasteiger charge is -2.27. The summed E-state index contributed by atoms with van der Waals surface area (Å²) in [5.41, 5.74) is 2.44. The molecule has 0 aliphatic carbocycles. The van der Waals surface area contributed by atoms with Crippen LogP contribution in [0.2, 0.25) is 0 Å². The average molecular weight is 343 g/mol. The van der Waals surface area contributed by atoms with Gasteiger partial charge in [0.05, 0.1) is 5.92 Å². The molecule has 0 saturated carbocycles. The summed E-state index contributed by atoms with van der Waals surface area (Å²) in [6.07, 6.45) is 4.67. The van der Waals surface area contributed by atoms with Crippen LogP contribution in [-0.2, 0) is 17.8 Å². The summed E-state index contributed by atoms with van der Waals surface area (Å²) >= 11 is 1.86. The van der Waals surface area contributed by atoms with E-state index in [2.05, 4.69) is 40.5 Å². The minimum absolute atomic E-state index is 0.103. The fourth-order valence-corrected chi connectivity index (χ4v) is 4.23. The van der Waals surface area contributed by atoms with E-state index in [9.17, 15) is 4.79 Å². The molecule has 0 radical (unpaired) electrons. The Bertz CT molecular complexity index is 668. The van der Waals surface area contributed by atoms with E-state index in [-0.39, 0.29) is 17.7 Å². The number of rotatable bonds is 6. The third-order valence-electron chi connectivity index (χ3n) is 4.61. The molecule has 2 aromatic heterocycles. The highest BCUT2D eigenvalue weighted by atomic mass is 32.1. The predicted octanol–water partition coefficient (Wildman–Crippen LogP) is 3.06. The molecule has 4 nitrogen and oxygen atoms in total. The third-order valence-corrected chi connectivity index (χ3v) is 5.63. The second kappa shape index (κ2) is 7.90. The molecule has 0 spiro atoms. The largest absolute Gasteiger partial charge is 0.354 e. The minimum atomic E-state index is -0.136. The number of nitrogens with one attached hydrogen (secondary N) is 1. The number of pyridine rings is 1. The topological polar surface area (TPSA) is 45.2 Å². The van der Waals surface area contributed by atoms with Crippen LogP contribution in [0.1, 0.15) is 35.8 Å². The molecular formula is C19H25N3OS. The molecule has 0 aromatic carbocycles. The molecule has 3 rings (SSSR count). The molecule has 1 atom stereocenters. The fourth-order valence-electron chi connectivity index (χ4n) is 3.34. The number of fused-ring (bicyclic) bond motifs is 1. The summed E-state index contributed by atoms with van der Waals surface area (Å²) < 4.78 is 0. The maximum atomic E-state index is 12.6. The van der Waals surface area contributed by atoms with Crippen LogP contribution in [0.5, 0.6) is 0 Å². The van der Waals surface area contributed by atoms with Gasteiger partial charge in [-0.3, -0.25) is 14.7 Å². The van der Waals surface area contributed by atoms with Crippen LogP contribution in [0.15, 0.2) is 36.0 Å². The van der Waals surface area contributed by atoms with Crippen molar-refractivity contribution in [3.8, 4) is 0 Å².